The van der Waals surface area contributed by atoms with Crippen molar-refractivity contribution in [1.29, 1.82) is 0 Å². The summed E-state index contributed by atoms with van der Waals surface area (Å²) < 4.78 is 4.59. The van der Waals surface area contributed by atoms with E-state index in [1.54, 1.807) is 23.5 Å². The predicted molar refractivity (Wildman–Crippen MR) is 92.1 cm³/mol. The van der Waals surface area contributed by atoms with Crippen LogP contribution in [0, 0.1) is 0 Å². The van der Waals surface area contributed by atoms with Crippen molar-refractivity contribution in [1.82, 2.24) is 15.2 Å². The lowest BCUT2D eigenvalue weighted by Crippen LogP contribution is -2.08. The van der Waals surface area contributed by atoms with Crippen LogP contribution in [0.15, 0.2) is 47.8 Å². The molecule has 0 aliphatic rings. The van der Waals surface area contributed by atoms with Crippen molar-refractivity contribution in [2.45, 2.75) is 13.0 Å². The predicted octanol–water partition coefficient (Wildman–Crippen LogP) is 2.92. The lowest BCUT2D eigenvalue weighted by molar-refractivity contribution is 0.0593. The Bertz CT molecular complexity index is 803. The second kappa shape index (κ2) is 7.65. The maximum Gasteiger partial charge on any atom is 0.358 e. The summed E-state index contributed by atoms with van der Waals surface area (Å²) in [5, 5.41) is 14.0. The zero-order valence-corrected chi connectivity index (χ0v) is 13.9. The van der Waals surface area contributed by atoms with Gasteiger partial charge in [-0.05, 0) is 17.7 Å². The first-order chi connectivity index (χ1) is 11.7. The van der Waals surface area contributed by atoms with Gasteiger partial charge in [-0.15, -0.1) is 21.5 Å². The highest BCUT2D eigenvalue weighted by atomic mass is 32.1. The van der Waals surface area contributed by atoms with E-state index in [1.165, 1.54) is 12.7 Å². The molecule has 3 aromatic rings. The van der Waals surface area contributed by atoms with Crippen LogP contribution in [-0.4, -0.2) is 28.3 Å². The molecule has 6 nitrogen and oxygen atoms in total. The molecule has 1 aromatic carbocycles. The number of nitrogens with one attached hydrogen (secondary N) is 1. The molecule has 2 aromatic heterocycles. The van der Waals surface area contributed by atoms with E-state index in [1.807, 2.05) is 23.6 Å². The number of benzene rings is 1. The molecule has 0 spiro atoms. The van der Waals surface area contributed by atoms with Gasteiger partial charge in [0.2, 0.25) is 0 Å². The number of methoxy groups -OCH3 is 1. The van der Waals surface area contributed by atoms with Gasteiger partial charge in [-0.1, -0.05) is 30.3 Å². The first-order valence-electron chi connectivity index (χ1n) is 7.38. The molecule has 24 heavy (non-hydrogen) atoms. The molecule has 0 atom stereocenters. The molecule has 0 amide bonds. The Morgan fingerprint density at radius 2 is 2.00 bits per heavy atom. The number of hydrogen-bond acceptors (Lipinski definition) is 7. The number of carbonyl (C=O) groups excluding carboxylic acids is 1. The van der Waals surface area contributed by atoms with Crippen LogP contribution >= 0.6 is 11.3 Å². The largest absolute Gasteiger partial charge is 0.464 e. The van der Waals surface area contributed by atoms with Gasteiger partial charge >= 0.3 is 5.97 Å². The Kier molecular flexibility index (Phi) is 5.12. The van der Waals surface area contributed by atoms with Gasteiger partial charge in [0.25, 0.3) is 0 Å². The first kappa shape index (κ1) is 16.1. The summed E-state index contributed by atoms with van der Waals surface area (Å²) in [7, 11) is 1.31. The highest BCUT2D eigenvalue weighted by molar-refractivity contribution is 7.09. The number of thiazole rings is 1. The van der Waals surface area contributed by atoms with Gasteiger partial charge in [-0.2, -0.15) is 0 Å². The average Bonchev–Trinajstić information content (AvgIpc) is 3.08. The van der Waals surface area contributed by atoms with Crippen molar-refractivity contribution in [2.24, 2.45) is 0 Å². The van der Waals surface area contributed by atoms with Crippen molar-refractivity contribution in [3.05, 3.63) is 69.8 Å². The van der Waals surface area contributed by atoms with E-state index < -0.39 is 5.97 Å². The van der Waals surface area contributed by atoms with Crippen molar-refractivity contribution in [3.8, 4) is 0 Å². The van der Waals surface area contributed by atoms with E-state index in [0.29, 0.717) is 12.4 Å². The second-order valence-corrected chi connectivity index (χ2v) is 5.99. The molecular weight excluding hydrogens is 324 g/mol. The molecule has 7 heteroatoms. The van der Waals surface area contributed by atoms with Crippen LogP contribution in [0.25, 0.3) is 0 Å². The molecule has 0 saturated heterocycles. The van der Waals surface area contributed by atoms with E-state index in [9.17, 15) is 4.79 Å². The average molecular weight is 340 g/mol. The van der Waals surface area contributed by atoms with Gasteiger partial charge in [-0.3, -0.25) is 0 Å². The van der Waals surface area contributed by atoms with Gasteiger partial charge in [0.15, 0.2) is 5.69 Å². The number of anilines is 1. The monoisotopic (exact) mass is 340 g/mol. The number of aromatic nitrogens is 3. The van der Waals surface area contributed by atoms with Crippen LogP contribution in [-0.2, 0) is 17.7 Å². The van der Waals surface area contributed by atoms with Crippen LogP contribution in [0.1, 0.15) is 26.8 Å². The minimum absolute atomic E-state index is 0.182. The standard InChI is InChI=1S/C17H16N4O2S/c1-23-17(22)14-7-8-15(21-20-14)18-10-13-11-24-16(19-13)9-12-5-3-2-4-6-12/h2-8,11H,9-10H2,1H3,(H,18,21). The fourth-order valence-corrected chi connectivity index (χ4v) is 2.93. The summed E-state index contributed by atoms with van der Waals surface area (Å²) in [4.78, 5) is 15.9. The summed E-state index contributed by atoms with van der Waals surface area (Å²) in [6, 6.07) is 13.5. The smallest absolute Gasteiger partial charge is 0.358 e. The van der Waals surface area contributed by atoms with Gasteiger partial charge in [0.1, 0.15) is 5.82 Å². The Balaban J connectivity index is 1.56. The van der Waals surface area contributed by atoms with E-state index in [0.717, 1.165) is 17.1 Å². The molecule has 0 unspecified atom stereocenters. The maximum absolute atomic E-state index is 11.3. The number of esters is 1. The molecule has 2 heterocycles. The summed E-state index contributed by atoms with van der Waals surface area (Å²) in [5.41, 5.74) is 2.38. The highest BCUT2D eigenvalue weighted by Gasteiger charge is 2.08. The van der Waals surface area contributed by atoms with Gasteiger partial charge in [-0.25, -0.2) is 9.78 Å². The number of nitrogens with zero attached hydrogens (tertiary/aromatic N) is 3. The molecule has 0 fully saturated rings. The third kappa shape index (κ3) is 4.14. The first-order valence-corrected chi connectivity index (χ1v) is 8.25. The van der Waals surface area contributed by atoms with Crippen LogP contribution in [0.4, 0.5) is 5.82 Å². The van der Waals surface area contributed by atoms with E-state index in [2.05, 4.69) is 37.4 Å². The zero-order chi connectivity index (χ0) is 16.8. The molecule has 0 aliphatic heterocycles. The van der Waals surface area contributed by atoms with Gasteiger partial charge < -0.3 is 10.1 Å². The summed E-state index contributed by atoms with van der Waals surface area (Å²) in [6.45, 7) is 0.553. The Morgan fingerprint density at radius 3 is 2.71 bits per heavy atom. The van der Waals surface area contributed by atoms with E-state index in [-0.39, 0.29) is 5.69 Å². The maximum atomic E-state index is 11.3. The zero-order valence-electron chi connectivity index (χ0n) is 13.1. The van der Waals surface area contributed by atoms with Crippen LogP contribution in [0.3, 0.4) is 0 Å². The summed E-state index contributed by atoms with van der Waals surface area (Å²) in [6.07, 6.45) is 0.832. The molecule has 3 rings (SSSR count). The molecule has 0 aliphatic carbocycles. The van der Waals surface area contributed by atoms with Crippen molar-refractivity contribution >= 4 is 23.1 Å². The van der Waals surface area contributed by atoms with Crippen molar-refractivity contribution < 1.29 is 9.53 Å². The molecule has 0 radical (unpaired) electrons. The minimum atomic E-state index is -0.501. The molecule has 122 valence electrons. The van der Waals surface area contributed by atoms with Crippen LogP contribution in [0.2, 0.25) is 0 Å². The fraction of sp³-hybridized carbons (Fsp3) is 0.176. The number of ether oxygens (including phenoxy) is 1. The van der Waals surface area contributed by atoms with Crippen molar-refractivity contribution in [2.75, 3.05) is 12.4 Å². The topological polar surface area (TPSA) is 77.0 Å². The quantitative estimate of drug-likeness (QED) is 0.695. The van der Waals surface area contributed by atoms with E-state index >= 15 is 0 Å². The SMILES string of the molecule is COC(=O)c1ccc(NCc2csc(Cc3ccccc3)n2)nn1. The molecule has 0 bridgehead atoms. The van der Waals surface area contributed by atoms with Gasteiger partial charge in [0, 0.05) is 11.8 Å². The Morgan fingerprint density at radius 1 is 1.17 bits per heavy atom. The Labute approximate surface area is 143 Å². The lowest BCUT2D eigenvalue weighted by atomic mass is 10.2. The number of rotatable bonds is 6. The summed E-state index contributed by atoms with van der Waals surface area (Å²) >= 11 is 1.64. The lowest BCUT2D eigenvalue weighted by Gasteiger charge is -2.03. The minimum Gasteiger partial charge on any atom is -0.464 e. The highest BCUT2D eigenvalue weighted by Crippen LogP contribution is 2.15. The fourth-order valence-electron chi connectivity index (χ4n) is 2.10. The molecule has 1 N–H and O–H groups in total. The number of hydrogen-bond donors (Lipinski definition) is 1. The number of carbonyl (C=O) groups is 1. The molecule has 0 saturated carbocycles. The summed E-state index contributed by atoms with van der Waals surface area (Å²) in [5.74, 6) is 0.0827. The third-order valence-electron chi connectivity index (χ3n) is 3.31. The second-order valence-electron chi connectivity index (χ2n) is 5.04. The van der Waals surface area contributed by atoms with Crippen LogP contribution in [0.5, 0.6) is 0 Å². The normalized spacial score (nSPS) is 10.4. The molecular formula is C17H16N4O2S. The van der Waals surface area contributed by atoms with E-state index in [4.69, 9.17) is 0 Å². The van der Waals surface area contributed by atoms with Crippen LogP contribution < -0.4 is 5.32 Å². The van der Waals surface area contributed by atoms with Gasteiger partial charge in [0.05, 0.1) is 24.4 Å². The van der Waals surface area contributed by atoms with Crippen molar-refractivity contribution in [3.63, 3.8) is 0 Å². The third-order valence-corrected chi connectivity index (χ3v) is 4.20. The Hall–Kier alpha value is -2.80.